The molecule has 2 aromatic rings. The van der Waals surface area contributed by atoms with Crippen molar-refractivity contribution < 1.29 is 4.74 Å². The van der Waals surface area contributed by atoms with Gasteiger partial charge in [-0.3, -0.25) is 0 Å². The summed E-state index contributed by atoms with van der Waals surface area (Å²) in [6.45, 7) is 2.92. The molecule has 2 nitrogen and oxygen atoms in total. The summed E-state index contributed by atoms with van der Waals surface area (Å²) >= 11 is 18.5. The van der Waals surface area contributed by atoms with Gasteiger partial charge in [0, 0.05) is 19.9 Å². The number of nitrogens with one attached hydrogen (secondary N) is 1. The van der Waals surface area contributed by atoms with Gasteiger partial charge >= 0.3 is 0 Å². The maximum absolute atomic E-state index is 6.22. The van der Waals surface area contributed by atoms with Crippen molar-refractivity contribution in [3.63, 3.8) is 0 Å². The molecule has 21 heavy (non-hydrogen) atoms. The van der Waals surface area contributed by atoms with E-state index in [1.54, 1.807) is 18.4 Å². The molecule has 1 atom stereocenters. The Labute approximate surface area is 158 Å². The van der Waals surface area contributed by atoms with Gasteiger partial charge in [-0.25, -0.2) is 0 Å². The van der Waals surface area contributed by atoms with Gasteiger partial charge in [-0.2, -0.15) is 0 Å². The van der Waals surface area contributed by atoms with E-state index in [1.165, 1.54) is 4.88 Å². The van der Waals surface area contributed by atoms with Crippen LogP contribution >= 0.6 is 70.7 Å². The van der Waals surface area contributed by atoms with E-state index in [9.17, 15) is 0 Å². The first-order valence-corrected chi connectivity index (χ1v) is 9.76. The second-order valence-corrected chi connectivity index (χ2v) is 8.82. The number of methoxy groups -OCH3 is 1. The monoisotopic (exact) mass is 515 g/mol. The van der Waals surface area contributed by atoms with Gasteiger partial charge in [-0.15, -0.1) is 11.3 Å². The number of rotatable bonds is 5. The summed E-state index contributed by atoms with van der Waals surface area (Å²) in [4.78, 5) is 1.18. The van der Waals surface area contributed by atoms with Gasteiger partial charge in [0.05, 0.1) is 21.4 Å². The molecule has 1 aromatic carbocycles. The van der Waals surface area contributed by atoms with Crippen LogP contribution in [0.5, 0.6) is 5.75 Å². The minimum absolute atomic E-state index is 0.0209. The van der Waals surface area contributed by atoms with Crippen LogP contribution in [0, 0.1) is 0 Å². The Kier molecular flexibility index (Phi) is 6.59. The molecule has 0 aliphatic rings. The highest BCUT2D eigenvalue weighted by molar-refractivity contribution is 9.13. The predicted octanol–water partition coefficient (Wildman–Crippen LogP) is 6.40. The summed E-state index contributed by atoms with van der Waals surface area (Å²) < 4.78 is 8.52. The van der Waals surface area contributed by atoms with Gasteiger partial charge in [-0.1, -0.05) is 18.5 Å². The summed E-state index contributed by atoms with van der Waals surface area (Å²) in [5, 5.41) is 4.17. The van der Waals surface area contributed by atoms with E-state index in [0.29, 0.717) is 5.02 Å². The predicted molar refractivity (Wildman–Crippen MR) is 101 cm³/mol. The Morgan fingerprint density at radius 2 is 1.95 bits per heavy atom. The fraction of sp³-hybridized carbons (Fsp3) is 0.286. The second-order valence-electron chi connectivity index (χ2n) is 4.27. The van der Waals surface area contributed by atoms with Crippen molar-refractivity contribution in [2.24, 2.45) is 0 Å². The minimum atomic E-state index is 0.0209. The van der Waals surface area contributed by atoms with E-state index in [2.05, 4.69) is 66.1 Å². The van der Waals surface area contributed by atoms with Crippen molar-refractivity contribution in [3.8, 4) is 5.75 Å². The van der Waals surface area contributed by atoms with E-state index < -0.39 is 0 Å². The molecule has 0 spiro atoms. The molecule has 0 amide bonds. The molecule has 1 N–H and O–H groups in total. The topological polar surface area (TPSA) is 21.3 Å². The smallest absolute Gasteiger partial charge is 0.138 e. The molecule has 1 aromatic heterocycles. The van der Waals surface area contributed by atoms with Crippen LogP contribution in [-0.4, -0.2) is 13.7 Å². The standard InChI is InChI=1S/C14H13Br3ClNOS/c1-3-19-12(11-6-10(16)14(17)21-11)8-4-7(18)5-9(15)13(8)20-2/h4-6,12,19H,3H2,1-2H3. The fourth-order valence-electron chi connectivity index (χ4n) is 2.08. The molecule has 0 saturated heterocycles. The highest BCUT2D eigenvalue weighted by Gasteiger charge is 2.22. The lowest BCUT2D eigenvalue weighted by Crippen LogP contribution is -2.21. The normalized spacial score (nSPS) is 12.5. The van der Waals surface area contributed by atoms with Crippen LogP contribution in [0.2, 0.25) is 5.02 Å². The molecule has 7 heteroatoms. The molecule has 0 bridgehead atoms. The summed E-state index contributed by atoms with van der Waals surface area (Å²) in [6, 6.07) is 5.91. The average Bonchev–Trinajstić information content (AvgIpc) is 2.75. The van der Waals surface area contributed by atoms with E-state index in [0.717, 1.165) is 30.6 Å². The molecule has 1 heterocycles. The van der Waals surface area contributed by atoms with E-state index in [-0.39, 0.29) is 6.04 Å². The number of halogens is 4. The molecule has 1 unspecified atom stereocenters. The second kappa shape index (κ2) is 7.79. The van der Waals surface area contributed by atoms with Gasteiger partial charge in [0.2, 0.25) is 0 Å². The first-order chi connectivity index (χ1) is 9.97. The van der Waals surface area contributed by atoms with Crippen LogP contribution in [0.4, 0.5) is 0 Å². The van der Waals surface area contributed by atoms with Crippen LogP contribution in [0.15, 0.2) is 30.9 Å². The third kappa shape index (κ3) is 4.03. The molecular formula is C14H13Br3ClNOS. The summed E-state index contributed by atoms with van der Waals surface area (Å²) in [7, 11) is 1.67. The molecule has 114 valence electrons. The van der Waals surface area contributed by atoms with Gasteiger partial charge < -0.3 is 10.1 Å². The third-order valence-corrected chi connectivity index (χ3v) is 7.04. The van der Waals surface area contributed by atoms with Gasteiger partial charge in [0.1, 0.15) is 5.75 Å². The maximum Gasteiger partial charge on any atom is 0.138 e. The molecule has 0 radical (unpaired) electrons. The van der Waals surface area contributed by atoms with Crippen molar-refractivity contribution in [2.45, 2.75) is 13.0 Å². The first kappa shape index (κ1) is 17.8. The van der Waals surface area contributed by atoms with Crippen molar-refractivity contribution in [1.82, 2.24) is 5.32 Å². The van der Waals surface area contributed by atoms with Crippen molar-refractivity contribution in [1.29, 1.82) is 0 Å². The van der Waals surface area contributed by atoms with Crippen LogP contribution in [-0.2, 0) is 0 Å². The van der Waals surface area contributed by atoms with Crippen LogP contribution in [0.25, 0.3) is 0 Å². The highest BCUT2D eigenvalue weighted by atomic mass is 79.9. The quantitative estimate of drug-likeness (QED) is 0.495. The van der Waals surface area contributed by atoms with Crippen molar-refractivity contribution in [3.05, 3.63) is 46.4 Å². The number of hydrogen-bond donors (Lipinski definition) is 1. The zero-order valence-electron chi connectivity index (χ0n) is 11.3. The Balaban J connectivity index is 2.57. The highest BCUT2D eigenvalue weighted by Crippen LogP contribution is 2.42. The molecule has 0 saturated carbocycles. The number of hydrogen-bond acceptors (Lipinski definition) is 3. The Morgan fingerprint density at radius 3 is 2.48 bits per heavy atom. The summed E-state index contributed by atoms with van der Waals surface area (Å²) in [5.41, 5.74) is 1.01. The van der Waals surface area contributed by atoms with Gasteiger partial charge in [-0.05, 0) is 72.5 Å². The van der Waals surface area contributed by atoms with Crippen molar-refractivity contribution in [2.75, 3.05) is 13.7 Å². The van der Waals surface area contributed by atoms with Crippen LogP contribution in [0.1, 0.15) is 23.4 Å². The Hall–Kier alpha value is 0.410. The maximum atomic E-state index is 6.22. The minimum Gasteiger partial charge on any atom is -0.495 e. The number of thiophene rings is 1. The van der Waals surface area contributed by atoms with E-state index in [1.807, 2.05) is 12.1 Å². The summed E-state index contributed by atoms with van der Waals surface area (Å²) in [5.74, 6) is 0.797. The molecule has 2 rings (SSSR count). The van der Waals surface area contributed by atoms with E-state index >= 15 is 0 Å². The number of ether oxygens (including phenoxy) is 1. The lowest BCUT2D eigenvalue weighted by molar-refractivity contribution is 0.402. The third-order valence-electron chi connectivity index (χ3n) is 2.91. The molecule has 0 aliphatic carbocycles. The lowest BCUT2D eigenvalue weighted by Gasteiger charge is -2.21. The molecular weight excluding hydrogens is 505 g/mol. The Morgan fingerprint density at radius 1 is 1.24 bits per heavy atom. The van der Waals surface area contributed by atoms with E-state index in [4.69, 9.17) is 16.3 Å². The lowest BCUT2D eigenvalue weighted by atomic mass is 10.0. The largest absolute Gasteiger partial charge is 0.495 e. The first-order valence-electron chi connectivity index (χ1n) is 6.19. The van der Waals surface area contributed by atoms with Crippen LogP contribution < -0.4 is 10.1 Å². The zero-order chi connectivity index (χ0) is 15.6. The SMILES string of the molecule is CCNC(c1cc(Br)c(Br)s1)c1cc(Cl)cc(Br)c1OC. The summed E-state index contributed by atoms with van der Waals surface area (Å²) in [6.07, 6.45) is 0. The molecule has 0 fully saturated rings. The zero-order valence-corrected chi connectivity index (χ0v) is 17.7. The van der Waals surface area contributed by atoms with Crippen molar-refractivity contribution >= 4 is 70.7 Å². The van der Waals surface area contributed by atoms with Gasteiger partial charge in [0.15, 0.2) is 0 Å². The van der Waals surface area contributed by atoms with Gasteiger partial charge in [0.25, 0.3) is 0 Å². The average molecular weight is 518 g/mol. The Bertz CT molecular complexity index is 628. The molecule has 0 aliphatic heterocycles. The fourth-order valence-corrected chi connectivity index (χ4v) is 5.26. The number of benzene rings is 1. The van der Waals surface area contributed by atoms with Crippen LogP contribution in [0.3, 0.4) is 0 Å².